The normalized spacial score (nSPS) is 16.7. The molecule has 0 aromatic heterocycles. The first-order chi connectivity index (χ1) is 9.30. The highest BCUT2D eigenvalue weighted by atomic mass is 16.5. The largest absolute Gasteiger partial charge is 0.465 e. The van der Waals surface area contributed by atoms with Crippen molar-refractivity contribution in [1.29, 1.82) is 0 Å². The molecule has 1 aliphatic rings. The Bertz CT molecular complexity index is 564. The van der Waals surface area contributed by atoms with Gasteiger partial charge in [0.2, 0.25) is 5.91 Å². The summed E-state index contributed by atoms with van der Waals surface area (Å²) in [6.45, 7) is 7.79. The number of nitrogens with zero attached hydrogens (tertiary/aromatic N) is 1. The van der Waals surface area contributed by atoms with Crippen molar-refractivity contribution in [3.05, 3.63) is 23.8 Å². The lowest BCUT2D eigenvalue weighted by Crippen LogP contribution is -2.58. The van der Waals surface area contributed by atoms with E-state index in [9.17, 15) is 9.59 Å². The number of anilines is 2. The molecular formula is C15H20N2O3. The Morgan fingerprint density at radius 3 is 2.55 bits per heavy atom. The van der Waals surface area contributed by atoms with Gasteiger partial charge < -0.3 is 15.0 Å². The van der Waals surface area contributed by atoms with Crippen molar-refractivity contribution in [2.75, 3.05) is 17.3 Å². The molecule has 0 atom stereocenters. The molecule has 1 aromatic rings. The summed E-state index contributed by atoms with van der Waals surface area (Å²) in [6, 6.07) is 5.49. The van der Waals surface area contributed by atoms with E-state index in [1.165, 1.54) is 7.11 Å². The first-order valence-corrected chi connectivity index (χ1v) is 6.62. The number of fused-ring (bicyclic) bond motifs is 1. The van der Waals surface area contributed by atoms with E-state index >= 15 is 0 Å². The molecule has 5 heteroatoms. The smallest absolute Gasteiger partial charge is 0.340 e. The molecule has 0 saturated heterocycles. The van der Waals surface area contributed by atoms with Crippen LogP contribution in [0.3, 0.4) is 0 Å². The zero-order chi connectivity index (χ0) is 15.1. The fourth-order valence-electron chi connectivity index (χ4n) is 2.75. The van der Waals surface area contributed by atoms with E-state index in [2.05, 4.69) is 5.32 Å². The lowest BCUT2D eigenvalue weighted by molar-refractivity contribution is -0.120. The number of benzene rings is 1. The van der Waals surface area contributed by atoms with Crippen molar-refractivity contribution < 1.29 is 14.3 Å². The molecule has 0 unspecified atom stereocenters. The van der Waals surface area contributed by atoms with Gasteiger partial charge in [-0.25, -0.2) is 4.79 Å². The maximum absolute atomic E-state index is 12.4. The van der Waals surface area contributed by atoms with E-state index < -0.39 is 11.5 Å². The molecule has 108 valence electrons. The summed E-state index contributed by atoms with van der Waals surface area (Å²) < 4.78 is 4.78. The second kappa shape index (κ2) is 4.81. The molecule has 1 aromatic carbocycles. The molecule has 1 heterocycles. The van der Waals surface area contributed by atoms with Crippen LogP contribution in [0.4, 0.5) is 11.4 Å². The zero-order valence-corrected chi connectivity index (χ0v) is 12.5. The molecule has 0 spiro atoms. The molecule has 0 saturated carbocycles. The number of ether oxygens (including phenoxy) is 1. The van der Waals surface area contributed by atoms with E-state index in [1.807, 2.05) is 38.7 Å². The molecule has 20 heavy (non-hydrogen) atoms. The number of para-hydroxylation sites is 1. The average molecular weight is 276 g/mol. The van der Waals surface area contributed by atoms with Crippen molar-refractivity contribution in [2.45, 2.75) is 39.3 Å². The Morgan fingerprint density at radius 2 is 2.00 bits per heavy atom. The first-order valence-electron chi connectivity index (χ1n) is 6.62. The molecule has 2 rings (SSSR count). The van der Waals surface area contributed by atoms with Gasteiger partial charge >= 0.3 is 5.97 Å². The topological polar surface area (TPSA) is 58.6 Å². The number of amides is 1. The molecule has 1 N–H and O–H groups in total. The van der Waals surface area contributed by atoms with Crippen LogP contribution < -0.4 is 10.2 Å². The fourth-order valence-corrected chi connectivity index (χ4v) is 2.75. The van der Waals surface area contributed by atoms with Crippen LogP contribution in [0.15, 0.2) is 18.2 Å². The summed E-state index contributed by atoms with van der Waals surface area (Å²) in [6.07, 6.45) is 0. The number of methoxy groups -OCH3 is 1. The van der Waals surface area contributed by atoms with Crippen LogP contribution in [-0.2, 0) is 9.53 Å². The van der Waals surface area contributed by atoms with Gasteiger partial charge in [-0.15, -0.1) is 0 Å². The van der Waals surface area contributed by atoms with Crippen LogP contribution in [0.25, 0.3) is 0 Å². The monoisotopic (exact) mass is 276 g/mol. The second-order valence-electron chi connectivity index (χ2n) is 5.67. The van der Waals surface area contributed by atoms with Crippen LogP contribution >= 0.6 is 0 Å². The molecule has 0 aliphatic carbocycles. The Hall–Kier alpha value is -2.04. The van der Waals surface area contributed by atoms with Crippen molar-refractivity contribution >= 4 is 23.3 Å². The maximum atomic E-state index is 12.4. The van der Waals surface area contributed by atoms with Crippen molar-refractivity contribution in [3.63, 3.8) is 0 Å². The molecule has 1 amide bonds. The predicted octanol–water partition coefficient (Wildman–Crippen LogP) is 2.42. The maximum Gasteiger partial charge on any atom is 0.340 e. The van der Waals surface area contributed by atoms with Crippen LogP contribution in [0.1, 0.15) is 38.1 Å². The Morgan fingerprint density at radius 1 is 1.35 bits per heavy atom. The minimum Gasteiger partial charge on any atom is -0.465 e. The molecule has 0 bridgehead atoms. The Kier molecular flexibility index (Phi) is 3.46. The van der Waals surface area contributed by atoms with Crippen LogP contribution in [0.5, 0.6) is 0 Å². The van der Waals surface area contributed by atoms with Gasteiger partial charge in [-0.3, -0.25) is 4.79 Å². The van der Waals surface area contributed by atoms with E-state index in [-0.39, 0.29) is 11.9 Å². The first kappa shape index (κ1) is 14.4. The summed E-state index contributed by atoms with van der Waals surface area (Å²) in [5, 5.41) is 2.84. The van der Waals surface area contributed by atoms with E-state index in [4.69, 9.17) is 4.74 Å². The third-order valence-corrected chi connectivity index (χ3v) is 3.62. The third kappa shape index (κ3) is 2.03. The zero-order valence-electron chi connectivity index (χ0n) is 12.5. The lowest BCUT2D eigenvalue weighted by atomic mass is 9.93. The van der Waals surface area contributed by atoms with Crippen LogP contribution in [0.2, 0.25) is 0 Å². The fraction of sp³-hybridized carbons (Fsp3) is 0.467. The molecular weight excluding hydrogens is 256 g/mol. The van der Waals surface area contributed by atoms with Crippen molar-refractivity contribution in [3.8, 4) is 0 Å². The Balaban J connectivity index is 2.66. The quantitative estimate of drug-likeness (QED) is 0.843. The van der Waals surface area contributed by atoms with E-state index in [1.54, 1.807) is 12.1 Å². The number of carbonyl (C=O) groups excluding carboxylic acids is 2. The summed E-state index contributed by atoms with van der Waals surface area (Å²) in [5.41, 5.74) is 1.07. The average Bonchev–Trinajstić information content (AvgIpc) is 2.37. The van der Waals surface area contributed by atoms with Gasteiger partial charge in [0.05, 0.1) is 24.0 Å². The number of esters is 1. The summed E-state index contributed by atoms with van der Waals surface area (Å²) >= 11 is 0. The van der Waals surface area contributed by atoms with E-state index in [0.717, 1.165) is 5.69 Å². The van der Waals surface area contributed by atoms with Crippen LogP contribution in [-0.4, -0.2) is 30.6 Å². The van der Waals surface area contributed by atoms with Crippen molar-refractivity contribution in [1.82, 2.24) is 0 Å². The van der Waals surface area contributed by atoms with Crippen LogP contribution in [0, 0.1) is 0 Å². The highest BCUT2D eigenvalue weighted by molar-refractivity contribution is 6.11. The number of carbonyl (C=O) groups is 2. The molecule has 0 radical (unpaired) electrons. The van der Waals surface area contributed by atoms with Gasteiger partial charge in [0.15, 0.2) is 0 Å². The SMILES string of the molecule is COC(=O)c1cccc2c1NC(=O)C(C)(C)N2C(C)C. The number of nitrogens with one attached hydrogen (secondary N) is 1. The molecule has 0 fully saturated rings. The minimum absolute atomic E-state index is 0.127. The molecule has 1 aliphatic heterocycles. The number of hydrogen-bond acceptors (Lipinski definition) is 4. The number of rotatable bonds is 2. The lowest BCUT2D eigenvalue weighted by Gasteiger charge is -2.46. The molecule has 5 nitrogen and oxygen atoms in total. The second-order valence-corrected chi connectivity index (χ2v) is 5.67. The third-order valence-electron chi connectivity index (χ3n) is 3.62. The predicted molar refractivity (Wildman–Crippen MR) is 78.1 cm³/mol. The minimum atomic E-state index is -0.671. The summed E-state index contributed by atoms with van der Waals surface area (Å²) in [7, 11) is 1.33. The van der Waals surface area contributed by atoms with Gasteiger partial charge in [0, 0.05) is 6.04 Å². The van der Waals surface area contributed by atoms with Gasteiger partial charge in [0.1, 0.15) is 5.54 Å². The van der Waals surface area contributed by atoms with Gasteiger partial charge in [-0.2, -0.15) is 0 Å². The number of hydrogen-bond donors (Lipinski definition) is 1. The van der Waals surface area contributed by atoms with Gasteiger partial charge in [-0.1, -0.05) is 6.07 Å². The van der Waals surface area contributed by atoms with Gasteiger partial charge in [-0.05, 0) is 39.8 Å². The van der Waals surface area contributed by atoms with Crippen molar-refractivity contribution in [2.24, 2.45) is 0 Å². The highest BCUT2D eigenvalue weighted by Crippen LogP contribution is 2.40. The van der Waals surface area contributed by atoms with E-state index in [0.29, 0.717) is 11.3 Å². The highest BCUT2D eigenvalue weighted by Gasteiger charge is 2.42. The van der Waals surface area contributed by atoms with Gasteiger partial charge in [0.25, 0.3) is 0 Å². The summed E-state index contributed by atoms with van der Waals surface area (Å²) in [4.78, 5) is 26.2. The summed E-state index contributed by atoms with van der Waals surface area (Å²) in [5.74, 6) is -0.583. The standard InChI is InChI=1S/C15H20N2O3/c1-9(2)17-11-8-6-7-10(13(18)20-5)12(11)16-14(19)15(17,3)4/h6-9H,1-5H3,(H,16,19). The Labute approximate surface area is 118 Å².